The molecule has 8 heteroatoms. The number of hydrogen-bond acceptors (Lipinski definition) is 6. The zero-order valence-corrected chi connectivity index (χ0v) is 18.6. The molecule has 1 amide bonds. The molecule has 0 saturated carbocycles. The van der Waals surface area contributed by atoms with Crippen LogP contribution in [0.2, 0.25) is 0 Å². The second kappa shape index (κ2) is 8.67. The molecule has 7 nitrogen and oxygen atoms in total. The molecule has 1 aromatic carbocycles. The van der Waals surface area contributed by atoms with Crippen molar-refractivity contribution in [2.75, 3.05) is 13.1 Å². The van der Waals surface area contributed by atoms with Crippen molar-refractivity contribution in [3.05, 3.63) is 34.2 Å². The zero-order chi connectivity index (χ0) is 21.2. The van der Waals surface area contributed by atoms with Crippen molar-refractivity contribution in [2.24, 2.45) is 0 Å². The van der Waals surface area contributed by atoms with Crippen LogP contribution in [0, 0.1) is 18.7 Å². The molecule has 2 heterocycles. The minimum absolute atomic E-state index is 0.122. The first-order valence-corrected chi connectivity index (χ1v) is 10.4. The number of alkyl carbamates (subject to hydrolysis) is 1. The van der Waals surface area contributed by atoms with E-state index in [1.165, 1.54) is 0 Å². The maximum atomic E-state index is 11.9. The molecule has 1 aromatic heterocycles. The molecule has 158 valence electrons. The number of rotatable bonds is 4. The molecule has 0 spiro atoms. The van der Waals surface area contributed by atoms with E-state index in [4.69, 9.17) is 21.4 Å². The number of nitrogens with zero attached hydrogens (tertiary/aromatic N) is 3. The number of benzene rings is 1. The Hall–Kier alpha value is -2.19. The van der Waals surface area contributed by atoms with Crippen molar-refractivity contribution < 1.29 is 13.9 Å². The predicted molar refractivity (Wildman–Crippen MR) is 114 cm³/mol. The number of aryl methyl sites for hydroxylation is 2. The lowest BCUT2D eigenvalue weighted by Gasteiger charge is -2.32. The minimum atomic E-state index is -0.484. The Bertz CT molecular complexity index is 900. The maximum Gasteiger partial charge on any atom is 0.407 e. The summed E-state index contributed by atoms with van der Waals surface area (Å²) in [6.45, 7) is 12.0. The van der Waals surface area contributed by atoms with Crippen LogP contribution in [-0.2, 0) is 11.4 Å². The lowest BCUT2D eigenvalue weighted by atomic mass is 10.1. The Labute approximate surface area is 177 Å². The lowest BCUT2D eigenvalue weighted by Crippen LogP contribution is -2.46. The number of nitrogens with one attached hydrogen (secondary N) is 1. The van der Waals surface area contributed by atoms with Crippen LogP contribution in [0.25, 0.3) is 11.5 Å². The number of carbonyl (C=O) groups is 1. The molecule has 1 fully saturated rings. The van der Waals surface area contributed by atoms with Crippen molar-refractivity contribution in [1.82, 2.24) is 20.0 Å². The van der Waals surface area contributed by atoms with Crippen molar-refractivity contribution in [3.63, 3.8) is 0 Å². The van der Waals surface area contributed by atoms with Crippen LogP contribution in [0.1, 0.15) is 44.7 Å². The number of ether oxygens (including phenoxy) is 1. The van der Waals surface area contributed by atoms with Gasteiger partial charge in [0.1, 0.15) is 5.60 Å². The Balaban J connectivity index is 1.56. The molecule has 0 atom stereocenters. The van der Waals surface area contributed by atoms with Crippen LogP contribution in [0.15, 0.2) is 22.6 Å². The number of piperidine rings is 1. The lowest BCUT2D eigenvalue weighted by molar-refractivity contribution is 0.0470. The molecule has 3 rings (SSSR count). The van der Waals surface area contributed by atoms with Gasteiger partial charge in [-0.15, -0.1) is 5.10 Å². The highest BCUT2D eigenvalue weighted by atomic mass is 32.1. The number of amides is 1. The smallest absolute Gasteiger partial charge is 0.407 e. The first kappa shape index (κ1) is 21.5. The van der Waals surface area contributed by atoms with Gasteiger partial charge >= 0.3 is 6.09 Å². The van der Waals surface area contributed by atoms with Gasteiger partial charge in [-0.25, -0.2) is 9.48 Å². The van der Waals surface area contributed by atoms with Gasteiger partial charge in [-0.3, -0.25) is 4.90 Å². The van der Waals surface area contributed by atoms with Gasteiger partial charge in [0.15, 0.2) is 0 Å². The summed E-state index contributed by atoms with van der Waals surface area (Å²) in [7, 11) is 0. The summed E-state index contributed by atoms with van der Waals surface area (Å²) < 4.78 is 12.8. The van der Waals surface area contributed by atoms with E-state index in [2.05, 4.69) is 35.2 Å². The fourth-order valence-corrected chi connectivity index (χ4v) is 3.67. The summed E-state index contributed by atoms with van der Waals surface area (Å²) in [5, 5.41) is 7.54. The SMILES string of the molecule is Cc1cc(C)cc(-c2nn(CN3CCC(NC(=O)OC(C)(C)C)CC3)c(=S)o2)c1. The largest absolute Gasteiger partial charge is 0.444 e. The van der Waals surface area contributed by atoms with Gasteiger partial charge in [0.2, 0.25) is 5.89 Å². The molecule has 0 radical (unpaired) electrons. The summed E-state index contributed by atoms with van der Waals surface area (Å²) in [5.74, 6) is 0.545. The third-order valence-corrected chi connectivity index (χ3v) is 5.01. The number of carbonyl (C=O) groups excluding carboxylic acids is 1. The molecule has 0 aliphatic carbocycles. The highest BCUT2D eigenvalue weighted by Crippen LogP contribution is 2.21. The van der Waals surface area contributed by atoms with Crippen LogP contribution in [0.3, 0.4) is 0 Å². The van der Waals surface area contributed by atoms with E-state index in [-0.39, 0.29) is 12.1 Å². The molecule has 2 aromatic rings. The Morgan fingerprint density at radius 1 is 1.24 bits per heavy atom. The van der Waals surface area contributed by atoms with Crippen molar-refractivity contribution in [2.45, 2.75) is 65.8 Å². The molecular formula is C21H30N4O3S. The molecule has 0 bridgehead atoms. The van der Waals surface area contributed by atoms with Gasteiger partial charge < -0.3 is 14.5 Å². The fourth-order valence-electron chi connectivity index (χ4n) is 3.49. The second-order valence-corrected chi connectivity index (χ2v) is 9.08. The summed E-state index contributed by atoms with van der Waals surface area (Å²) in [4.78, 5) is 14.6. The van der Waals surface area contributed by atoms with E-state index in [0.29, 0.717) is 17.4 Å². The van der Waals surface area contributed by atoms with E-state index in [9.17, 15) is 4.79 Å². The van der Waals surface area contributed by atoms with E-state index >= 15 is 0 Å². The quantitative estimate of drug-likeness (QED) is 0.740. The Morgan fingerprint density at radius 3 is 2.45 bits per heavy atom. The fraction of sp³-hybridized carbons (Fsp3) is 0.571. The van der Waals surface area contributed by atoms with Gasteiger partial charge in [-0.05, 0) is 71.8 Å². The second-order valence-electron chi connectivity index (χ2n) is 8.73. The van der Waals surface area contributed by atoms with Gasteiger partial charge in [0.25, 0.3) is 4.84 Å². The van der Waals surface area contributed by atoms with E-state index in [0.717, 1.165) is 42.6 Å². The molecule has 1 aliphatic heterocycles. The average Bonchev–Trinajstić information content (AvgIpc) is 2.95. The predicted octanol–water partition coefficient (Wildman–Crippen LogP) is 4.44. The summed E-state index contributed by atoms with van der Waals surface area (Å²) in [6, 6.07) is 6.33. The van der Waals surface area contributed by atoms with Crippen molar-refractivity contribution >= 4 is 18.3 Å². The molecule has 1 aliphatic rings. The van der Waals surface area contributed by atoms with Crippen LogP contribution in [0.5, 0.6) is 0 Å². The van der Waals surface area contributed by atoms with Crippen LogP contribution in [-0.4, -0.2) is 45.5 Å². The first-order chi connectivity index (χ1) is 13.6. The number of aromatic nitrogens is 2. The summed E-state index contributed by atoms with van der Waals surface area (Å²) in [5.41, 5.74) is 2.78. The van der Waals surface area contributed by atoms with Gasteiger partial charge in [-0.2, -0.15) is 0 Å². The maximum absolute atomic E-state index is 11.9. The normalized spacial score (nSPS) is 16.0. The molecular weight excluding hydrogens is 388 g/mol. The summed E-state index contributed by atoms with van der Waals surface area (Å²) in [6.07, 6.45) is 1.36. The Kier molecular flexibility index (Phi) is 6.43. The highest BCUT2D eigenvalue weighted by Gasteiger charge is 2.24. The summed E-state index contributed by atoms with van der Waals surface area (Å²) >= 11 is 5.37. The van der Waals surface area contributed by atoms with Gasteiger partial charge in [0.05, 0.1) is 6.67 Å². The molecule has 0 unspecified atom stereocenters. The molecule has 29 heavy (non-hydrogen) atoms. The molecule has 1 saturated heterocycles. The minimum Gasteiger partial charge on any atom is -0.444 e. The third kappa shape index (κ3) is 6.14. The van der Waals surface area contributed by atoms with Crippen molar-refractivity contribution in [3.8, 4) is 11.5 Å². The monoisotopic (exact) mass is 418 g/mol. The van der Waals surface area contributed by atoms with Crippen LogP contribution < -0.4 is 5.32 Å². The van der Waals surface area contributed by atoms with Gasteiger partial charge in [0, 0.05) is 24.7 Å². The number of likely N-dealkylation sites (tertiary alicyclic amines) is 1. The topological polar surface area (TPSA) is 72.5 Å². The van der Waals surface area contributed by atoms with E-state index in [1.807, 2.05) is 32.9 Å². The standard InChI is InChI=1S/C21H30N4O3S/c1-14-10-15(2)12-16(11-14)18-23-25(20(29)27-18)13-24-8-6-17(7-9-24)22-19(26)28-21(3,4)5/h10-12,17H,6-9,13H2,1-5H3,(H,22,26). The first-order valence-electron chi connectivity index (χ1n) is 9.97. The van der Waals surface area contributed by atoms with Crippen molar-refractivity contribution in [1.29, 1.82) is 0 Å². The highest BCUT2D eigenvalue weighted by molar-refractivity contribution is 7.71. The third-order valence-electron chi connectivity index (χ3n) is 4.72. The van der Waals surface area contributed by atoms with E-state index < -0.39 is 5.60 Å². The zero-order valence-electron chi connectivity index (χ0n) is 17.8. The Morgan fingerprint density at radius 2 is 1.86 bits per heavy atom. The van der Waals surface area contributed by atoms with Crippen LogP contribution in [0.4, 0.5) is 4.79 Å². The van der Waals surface area contributed by atoms with Gasteiger partial charge in [-0.1, -0.05) is 17.2 Å². The number of hydrogen-bond donors (Lipinski definition) is 1. The molecule has 1 N–H and O–H groups in total. The van der Waals surface area contributed by atoms with Crippen LogP contribution >= 0.6 is 12.2 Å². The average molecular weight is 419 g/mol. The van der Waals surface area contributed by atoms with E-state index in [1.54, 1.807) is 4.68 Å².